The fourth-order valence-electron chi connectivity index (χ4n) is 1.80. The summed E-state index contributed by atoms with van der Waals surface area (Å²) in [5.41, 5.74) is 1.47. The van der Waals surface area contributed by atoms with Gasteiger partial charge in [0.25, 0.3) is 0 Å². The van der Waals surface area contributed by atoms with Gasteiger partial charge < -0.3 is 10.2 Å². The van der Waals surface area contributed by atoms with Gasteiger partial charge in [0.1, 0.15) is 0 Å². The molecule has 0 aliphatic carbocycles. The molecule has 1 N–H and O–H groups in total. The minimum Gasteiger partial charge on any atom is -0.367 e. The van der Waals surface area contributed by atoms with Gasteiger partial charge in [-0.3, -0.25) is 0 Å². The number of rotatable bonds is 0. The minimum atomic E-state index is 0.759. The minimum absolute atomic E-state index is 0.759. The Balaban J connectivity index is 2.04. The molecule has 1 fully saturated rings. The van der Waals surface area contributed by atoms with E-state index in [1.807, 2.05) is 0 Å². The summed E-state index contributed by atoms with van der Waals surface area (Å²) in [5, 5.41) is 3.39. The van der Waals surface area contributed by atoms with Crippen LogP contribution in [0.1, 0.15) is 13.3 Å². The first-order chi connectivity index (χ1) is 4.88. The summed E-state index contributed by atoms with van der Waals surface area (Å²) in [7, 11) is 0. The van der Waals surface area contributed by atoms with E-state index in [1.165, 1.54) is 25.2 Å². The lowest BCUT2D eigenvalue weighted by atomic mass is 10.0. The Morgan fingerprint density at radius 2 is 2.50 bits per heavy atom. The Morgan fingerprint density at radius 3 is 3.30 bits per heavy atom. The number of allylic oxidation sites excluding steroid dienone is 1. The van der Waals surface area contributed by atoms with E-state index in [9.17, 15) is 0 Å². The molecule has 0 radical (unpaired) electrons. The smallest absolute Gasteiger partial charge is 0.0502 e. The number of fused-ring (bicyclic) bond motifs is 1. The fourth-order valence-corrected chi connectivity index (χ4v) is 1.80. The van der Waals surface area contributed by atoms with Crippen molar-refractivity contribution in [3.8, 4) is 0 Å². The number of hydrogen-bond acceptors (Lipinski definition) is 2. The van der Waals surface area contributed by atoms with Gasteiger partial charge in [0, 0.05) is 18.8 Å². The number of hydrogen-bond donors (Lipinski definition) is 1. The van der Waals surface area contributed by atoms with Gasteiger partial charge in [-0.25, -0.2) is 0 Å². The van der Waals surface area contributed by atoms with Gasteiger partial charge in [-0.1, -0.05) is 0 Å². The lowest BCUT2D eigenvalue weighted by molar-refractivity contribution is 0.257. The van der Waals surface area contributed by atoms with Gasteiger partial charge in [-0.15, -0.1) is 0 Å². The summed E-state index contributed by atoms with van der Waals surface area (Å²) < 4.78 is 0. The van der Waals surface area contributed by atoms with E-state index < -0.39 is 0 Å². The molecule has 2 aliphatic rings. The topological polar surface area (TPSA) is 15.3 Å². The highest BCUT2D eigenvalue weighted by molar-refractivity contribution is 5.17. The Hall–Kier alpha value is -0.500. The van der Waals surface area contributed by atoms with Crippen LogP contribution in [0.2, 0.25) is 0 Å². The molecule has 0 amide bonds. The van der Waals surface area contributed by atoms with Crippen LogP contribution in [-0.2, 0) is 0 Å². The van der Waals surface area contributed by atoms with E-state index in [0.717, 1.165) is 12.6 Å². The lowest BCUT2D eigenvalue weighted by Crippen LogP contribution is -2.41. The van der Waals surface area contributed by atoms with E-state index in [0.29, 0.717) is 0 Å². The number of nitrogens with one attached hydrogen (secondary N) is 1. The average Bonchev–Trinajstić information content (AvgIpc) is 2.09. The van der Waals surface area contributed by atoms with Crippen LogP contribution in [0.15, 0.2) is 11.8 Å². The maximum atomic E-state index is 3.39. The molecule has 0 bridgehead atoms. The van der Waals surface area contributed by atoms with Gasteiger partial charge >= 0.3 is 0 Å². The summed E-state index contributed by atoms with van der Waals surface area (Å²) in [6, 6.07) is 0.759. The van der Waals surface area contributed by atoms with Gasteiger partial charge in [0.15, 0.2) is 0 Å². The van der Waals surface area contributed by atoms with Crippen molar-refractivity contribution in [3.63, 3.8) is 0 Å². The van der Waals surface area contributed by atoms with Crippen LogP contribution in [0, 0.1) is 0 Å². The molecule has 2 nitrogen and oxygen atoms in total. The van der Waals surface area contributed by atoms with E-state index in [-0.39, 0.29) is 0 Å². The normalized spacial score (nSPS) is 31.9. The lowest BCUT2D eigenvalue weighted by Gasteiger charge is -2.39. The van der Waals surface area contributed by atoms with Crippen LogP contribution in [0.5, 0.6) is 0 Å². The summed E-state index contributed by atoms with van der Waals surface area (Å²) >= 11 is 0. The summed E-state index contributed by atoms with van der Waals surface area (Å²) in [5.74, 6) is 0. The monoisotopic (exact) mass is 138 g/mol. The van der Waals surface area contributed by atoms with Crippen molar-refractivity contribution in [2.45, 2.75) is 19.4 Å². The van der Waals surface area contributed by atoms with E-state index >= 15 is 0 Å². The second kappa shape index (κ2) is 2.27. The Kier molecular flexibility index (Phi) is 1.42. The van der Waals surface area contributed by atoms with Crippen LogP contribution >= 0.6 is 0 Å². The molecule has 0 saturated carbocycles. The first kappa shape index (κ1) is 6.23. The summed E-state index contributed by atoms with van der Waals surface area (Å²) in [6.07, 6.45) is 3.66. The first-order valence-corrected chi connectivity index (χ1v) is 4.04. The molecule has 1 saturated heterocycles. The van der Waals surface area contributed by atoms with Crippen molar-refractivity contribution in [2.75, 3.05) is 19.6 Å². The highest BCUT2D eigenvalue weighted by Crippen LogP contribution is 2.24. The molecule has 1 unspecified atom stereocenters. The highest BCUT2D eigenvalue weighted by atomic mass is 15.2. The van der Waals surface area contributed by atoms with Crippen molar-refractivity contribution in [2.24, 2.45) is 0 Å². The molecule has 10 heavy (non-hydrogen) atoms. The van der Waals surface area contributed by atoms with Crippen LogP contribution in [0.3, 0.4) is 0 Å². The average molecular weight is 138 g/mol. The maximum Gasteiger partial charge on any atom is 0.0502 e. The second-order valence-electron chi connectivity index (χ2n) is 3.11. The van der Waals surface area contributed by atoms with Crippen molar-refractivity contribution in [1.82, 2.24) is 10.2 Å². The summed E-state index contributed by atoms with van der Waals surface area (Å²) in [4.78, 5) is 2.49. The van der Waals surface area contributed by atoms with Gasteiger partial charge in [-0.2, -0.15) is 0 Å². The number of nitrogens with zero attached hydrogens (tertiary/aromatic N) is 1. The van der Waals surface area contributed by atoms with Gasteiger partial charge in [0.05, 0.1) is 6.04 Å². The highest BCUT2D eigenvalue weighted by Gasteiger charge is 2.25. The molecule has 0 spiro atoms. The zero-order chi connectivity index (χ0) is 6.97. The zero-order valence-corrected chi connectivity index (χ0v) is 6.43. The molecular formula is C8H14N2. The third-order valence-electron chi connectivity index (χ3n) is 2.43. The van der Waals surface area contributed by atoms with Crippen LogP contribution in [0.25, 0.3) is 0 Å². The molecule has 2 heterocycles. The van der Waals surface area contributed by atoms with Crippen LogP contribution < -0.4 is 5.32 Å². The molecule has 2 heteroatoms. The third-order valence-corrected chi connectivity index (χ3v) is 2.43. The molecule has 1 atom stereocenters. The predicted molar refractivity (Wildman–Crippen MR) is 41.7 cm³/mol. The van der Waals surface area contributed by atoms with Gasteiger partial charge in [0.2, 0.25) is 0 Å². The van der Waals surface area contributed by atoms with Gasteiger partial charge in [-0.05, 0) is 26.0 Å². The molecule has 0 aromatic rings. The van der Waals surface area contributed by atoms with Crippen molar-refractivity contribution < 1.29 is 0 Å². The molecule has 2 rings (SSSR count). The van der Waals surface area contributed by atoms with Crippen LogP contribution in [-0.4, -0.2) is 30.6 Å². The van der Waals surface area contributed by atoms with Crippen molar-refractivity contribution >= 4 is 0 Å². The van der Waals surface area contributed by atoms with E-state index in [2.05, 4.69) is 23.2 Å². The Labute approximate surface area is 61.9 Å². The molecular weight excluding hydrogens is 124 g/mol. The second-order valence-corrected chi connectivity index (χ2v) is 3.11. The Morgan fingerprint density at radius 1 is 1.60 bits per heavy atom. The Bertz CT molecular complexity index is 163. The summed E-state index contributed by atoms with van der Waals surface area (Å²) in [6.45, 7) is 5.74. The van der Waals surface area contributed by atoms with Crippen molar-refractivity contribution in [1.29, 1.82) is 0 Å². The predicted octanol–water partition coefficient (Wildman–Crippen LogP) is 0.568. The maximum absolute atomic E-state index is 3.39. The SMILES string of the molecule is CC1=CC2CCNCCN12. The molecule has 2 aliphatic heterocycles. The standard InChI is InChI=1S/C8H14N2/c1-7-6-8-2-3-9-4-5-10(7)8/h6,8-9H,2-5H2,1H3. The van der Waals surface area contributed by atoms with Crippen molar-refractivity contribution in [3.05, 3.63) is 11.8 Å². The molecule has 0 aromatic heterocycles. The third kappa shape index (κ3) is 0.833. The first-order valence-electron chi connectivity index (χ1n) is 4.04. The van der Waals surface area contributed by atoms with Crippen LogP contribution in [0.4, 0.5) is 0 Å². The zero-order valence-electron chi connectivity index (χ0n) is 6.43. The van der Waals surface area contributed by atoms with E-state index in [4.69, 9.17) is 0 Å². The molecule has 0 aromatic carbocycles. The quantitative estimate of drug-likeness (QED) is 0.526. The van der Waals surface area contributed by atoms with E-state index in [1.54, 1.807) is 0 Å². The largest absolute Gasteiger partial charge is 0.367 e. The molecule has 56 valence electrons. The fraction of sp³-hybridized carbons (Fsp3) is 0.750.